The van der Waals surface area contributed by atoms with Gasteiger partial charge in [-0.3, -0.25) is 4.90 Å². The Hall–Kier alpha value is -0.320. The standard InChI is InChI=1S/C11H17BrN2O/c1-2-4-14(9-6-13-7-9)8-11-10(12)3-5-15-11/h3,5,9,13H,2,4,6-8H2,1H3. The zero-order valence-corrected chi connectivity index (χ0v) is 10.6. The minimum atomic E-state index is 0.682. The first kappa shape index (κ1) is 11.2. The molecule has 84 valence electrons. The molecule has 0 saturated carbocycles. The van der Waals surface area contributed by atoms with Crippen LogP contribution in [0.4, 0.5) is 0 Å². The van der Waals surface area contributed by atoms with Gasteiger partial charge in [-0.25, -0.2) is 0 Å². The van der Waals surface area contributed by atoms with Gasteiger partial charge in [0.2, 0.25) is 0 Å². The van der Waals surface area contributed by atoms with E-state index in [-0.39, 0.29) is 0 Å². The van der Waals surface area contributed by atoms with E-state index in [1.807, 2.05) is 6.07 Å². The van der Waals surface area contributed by atoms with Crippen molar-refractivity contribution in [1.82, 2.24) is 10.2 Å². The fraction of sp³-hybridized carbons (Fsp3) is 0.636. The van der Waals surface area contributed by atoms with Crippen molar-refractivity contribution in [2.45, 2.75) is 25.9 Å². The Morgan fingerprint density at radius 1 is 1.60 bits per heavy atom. The molecule has 3 nitrogen and oxygen atoms in total. The summed E-state index contributed by atoms with van der Waals surface area (Å²) in [6, 6.07) is 2.64. The van der Waals surface area contributed by atoms with Crippen LogP contribution in [0.2, 0.25) is 0 Å². The van der Waals surface area contributed by atoms with Crippen LogP contribution in [-0.4, -0.2) is 30.6 Å². The number of rotatable bonds is 5. The van der Waals surface area contributed by atoms with Crippen molar-refractivity contribution < 1.29 is 4.42 Å². The number of furan rings is 1. The molecule has 4 heteroatoms. The van der Waals surface area contributed by atoms with Crippen LogP contribution < -0.4 is 5.32 Å². The summed E-state index contributed by atoms with van der Waals surface area (Å²) in [6.07, 6.45) is 2.93. The van der Waals surface area contributed by atoms with Gasteiger partial charge in [0, 0.05) is 19.1 Å². The SMILES string of the molecule is CCCN(Cc1occc1Br)C1CNC1. The Bertz CT molecular complexity index is 309. The molecule has 1 N–H and O–H groups in total. The van der Waals surface area contributed by atoms with Gasteiger partial charge in [0.05, 0.1) is 17.3 Å². The molecule has 0 atom stereocenters. The van der Waals surface area contributed by atoms with Crippen LogP contribution in [0.25, 0.3) is 0 Å². The lowest BCUT2D eigenvalue weighted by Gasteiger charge is -2.37. The molecule has 2 heterocycles. The van der Waals surface area contributed by atoms with Gasteiger partial charge in [0.1, 0.15) is 5.76 Å². The summed E-state index contributed by atoms with van der Waals surface area (Å²) < 4.78 is 6.53. The highest BCUT2D eigenvalue weighted by molar-refractivity contribution is 9.10. The molecule has 0 amide bonds. The minimum Gasteiger partial charge on any atom is -0.467 e. The van der Waals surface area contributed by atoms with Crippen molar-refractivity contribution >= 4 is 15.9 Å². The third-order valence-electron chi connectivity index (χ3n) is 2.82. The maximum atomic E-state index is 5.45. The summed E-state index contributed by atoms with van der Waals surface area (Å²) >= 11 is 3.50. The number of nitrogens with one attached hydrogen (secondary N) is 1. The Morgan fingerprint density at radius 3 is 2.87 bits per heavy atom. The van der Waals surface area contributed by atoms with Gasteiger partial charge in [0.25, 0.3) is 0 Å². The molecule has 0 radical (unpaired) electrons. The van der Waals surface area contributed by atoms with Crippen molar-refractivity contribution in [2.75, 3.05) is 19.6 Å². The first-order valence-electron chi connectivity index (χ1n) is 5.48. The van der Waals surface area contributed by atoms with E-state index in [1.54, 1.807) is 6.26 Å². The van der Waals surface area contributed by atoms with E-state index < -0.39 is 0 Å². The summed E-state index contributed by atoms with van der Waals surface area (Å²) in [6.45, 7) is 6.49. The van der Waals surface area contributed by atoms with Gasteiger partial charge in [-0.1, -0.05) is 6.92 Å². The fourth-order valence-corrected chi connectivity index (χ4v) is 2.16. The van der Waals surface area contributed by atoms with Crippen molar-refractivity contribution in [3.05, 3.63) is 22.6 Å². The Balaban J connectivity index is 1.96. The molecule has 15 heavy (non-hydrogen) atoms. The van der Waals surface area contributed by atoms with Crippen LogP contribution >= 0.6 is 15.9 Å². The molecule has 1 aliphatic rings. The Morgan fingerprint density at radius 2 is 2.40 bits per heavy atom. The Labute approximate surface area is 99.0 Å². The summed E-state index contributed by atoms with van der Waals surface area (Å²) in [4.78, 5) is 2.49. The predicted octanol–water partition coefficient (Wildman–Crippen LogP) is 2.23. The molecule has 0 bridgehead atoms. The minimum absolute atomic E-state index is 0.682. The molecule has 0 aromatic carbocycles. The highest BCUT2D eigenvalue weighted by Crippen LogP contribution is 2.21. The highest BCUT2D eigenvalue weighted by Gasteiger charge is 2.25. The van der Waals surface area contributed by atoms with E-state index in [0.29, 0.717) is 6.04 Å². The van der Waals surface area contributed by atoms with Crippen molar-refractivity contribution in [1.29, 1.82) is 0 Å². The van der Waals surface area contributed by atoms with Crippen molar-refractivity contribution in [3.8, 4) is 0 Å². The second-order valence-corrected chi connectivity index (χ2v) is 4.83. The lowest BCUT2D eigenvalue weighted by molar-refractivity contribution is 0.128. The quantitative estimate of drug-likeness (QED) is 0.891. The van der Waals surface area contributed by atoms with Gasteiger partial charge in [-0.05, 0) is 35.0 Å². The zero-order valence-electron chi connectivity index (χ0n) is 9.00. The van der Waals surface area contributed by atoms with Gasteiger partial charge in [-0.15, -0.1) is 0 Å². The van der Waals surface area contributed by atoms with E-state index in [1.165, 1.54) is 6.42 Å². The summed E-state index contributed by atoms with van der Waals surface area (Å²) in [5.74, 6) is 1.04. The van der Waals surface area contributed by atoms with Crippen LogP contribution in [0.1, 0.15) is 19.1 Å². The van der Waals surface area contributed by atoms with E-state index in [9.17, 15) is 0 Å². The molecule has 0 unspecified atom stereocenters. The molecule has 0 spiro atoms. The third-order valence-corrected chi connectivity index (χ3v) is 3.53. The van der Waals surface area contributed by atoms with Crippen molar-refractivity contribution in [3.63, 3.8) is 0 Å². The van der Waals surface area contributed by atoms with E-state index in [2.05, 4.69) is 33.1 Å². The third kappa shape index (κ3) is 2.62. The summed E-state index contributed by atoms with van der Waals surface area (Å²) in [5.41, 5.74) is 0. The first-order valence-corrected chi connectivity index (χ1v) is 6.27. The van der Waals surface area contributed by atoms with E-state index in [0.717, 1.165) is 36.4 Å². The van der Waals surface area contributed by atoms with E-state index in [4.69, 9.17) is 4.42 Å². The lowest BCUT2D eigenvalue weighted by atomic mass is 10.1. The van der Waals surface area contributed by atoms with Crippen LogP contribution in [0.3, 0.4) is 0 Å². The molecular formula is C11H17BrN2O. The van der Waals surface area contributed by atoms with Crippen LogP contribution in [-0.2, 0) is 6.54 Å². The van der Waals surface area contributed by atoms with Gasteiger partial charge >= 0.3 is 0 Å². The topological polar surface area (TPSA) is 28.4 Å². The van der Waals surface area contributed by atoms with Gasteiger partial charge in [-0.2, -0.15) is 0 Å². The molecule has 0 aliphatic carbocycles. The molecule has 1 aliphatic heterocycles. The number of hydrogen-bond acceptors (Lipinski definition) is 3. The fourth-order valence-electron chi connectivity index (χ4n) is 1.83. The number of hydrogen-bond donors (Lipinski definition) is 1. The molecule has 1 aromatic rings. The second-order valence-electron chi connectivity index (χ2n) is 3.97. The predicted molar refractivity (Wildman–Crippen MR) is 63.8 cm³/mol. The molecule has 2 rings (SSSR count). The normalized spacial score (nSPS) is 17.0. The summed E-state index contributed by atoms with van der Waals surface area (Å²) in [7, 11) is 0. The maximum Gasteiger partial charge on any atom is 0.131 e. The van der Waals surface area contributed by atoms with E-state index >= 15 is 0 Å². The smallest absolute Gasteiger partial charge is 0.131 e. The van der Waals surface area contributed by atoms with Crippen LogP contribution in [0.15, 0.2) is 21.2 Å². The monoisotopic (exact) mass is 272 g/mol. The van der Waals surface area contributed by atoms with Crippen LogP contribution in [0, 0.1) is 0 Å². The van der Waals surface area contributed by atoms with Crippen molar-refractivity contribution in [2.24, 2.45) is 0 Å². The molecule has 1 saturated heterocycles. The number of halogens is 1. The zero-order chi connectivity index (χ0) is 10.7. The number of nitrogens with zero attached hydrogens (tertiary/aromatic N) is 1. The van der Waals surface area contributed by atoms with Gasteiger partial charge < -0.3 is 9.73 Å². The maximum absolute atomic E-state index is 5.45. The second kappa shape index (κ2) is 5.14. The first-order chi connectivity index (χ1) is 7.31. The summed E-state index contributed by atoms with van der Waals surface area (Å²) in [5, 5.41) is 3.31. The highest BCUT2D eigenvalue weighted by atomic mass is 79.9. The van der Waals surface area contributed by atoms with Gasteiger partial charge in [0.15, 0.2) is 0 Å². The molecule has 1 aromatic heterocycles. The molecular weight excluding hydrogens is 256 g/mol. The lowest BCUT2D eigenvalue weighted by Crippen LogP contribution is -2.56. The average molecular weight is 273 g/mol. The Kier molecular flexibility index (Phi) is 3.83. The largest absolute Gasteiger partial charge is 0.467 e. The molecule has 1 fully saturated rings. The average Bonchev–Trinajstić information content (AvgIpc) is 2.49. The van der Waals surface area contributed by atoms with Crippen LogP contribution in [0.5, 0.6) is 0 Å².